The molecule has 1 aliphatic heterocycles. The van der Waals surface area contributed by atoms with Gasteiger partial charge in [0.05, 0.1) is 16.2 Å². The summed E-state index contributed by atoms with van der Waals surface area (Å²) in [4.78, 5) is 15.3. The fraction of sp³-hybridized carbons (Fsp3) is 0.714. The second-order valence-electron chi connectivity index (χ2n) is 5.31. The van der Waals surface area contributed by atoms with Crippen LogP contribution in [0.25, 0.3) is 0 Å². The number of hydrogen-bond donors (Lipinski definition) is 0. The molecule has 0 spiro atoms. The molecule has 1 fully saturated rings. The van der Waals surface area contributed by atoms with Gasteiger partial charge in [-0.3, -0.25) is 14.4 Å². The number of hydrogen-bond acceptors (Lipinski definition) is 3. The van der Waals surface area contributed by atoms with Crippen molar-refractivity contribution in [2.24, 2.45) is 0 Å². The molecular weight excluding hydrogens is 306 g/mol. The van der Waals surface area contributed by atoms with Crippen molar-refractivity contribution in [1.29, 1.82) is 0 Å². The van der Waals surface area contributed by atoms with E-state index in [1.807, 2.05) is 6.92 Å². The maximum Gasteiger partial charge on any atom is 0.201 e. The van der Waals surface area contributed by atoms with Gasteiger partial charge in [-0.2, -0.15) is 5.10 Å². The summed E-state index contributed by atoms with van der Waals surface area (Å²) in [5, 5.41) is 4.26. The van der Waals surface area contributed by atoms with Crippen LogP contribution in [0.15, 0.2) is 10.7 Å². The second-order valence-corrected chi connectivity index (χ2v) is 6.16. The van der Waals surface area contributed by atoms with Gasteiger partial charge in [0.25, 0.3) is 0 Å². The van der Waals surface area contributed by atoms with Gasteiger partial charge in [0.1, 0.15) is 5.69 Å². The predicted molar refractivity (Wildman–Crippen MR) is 79.4 cm³/mol. The first-order valence-electron chi connectivity index (χ1n) is 7.05. The Morgan fingerprint density at radius 1 is 1.42 bits per heavy atom. The highest BCUT2D eigenvalue weighted by Gasteiger charge is 2.41. The Morgan fingerprint density at radius 3 is 2.58 bits per heavy atom. The minimum Gasteiger partial charge on any atom is -0.291 e. The highest BCUT2D eigenvalue weighted by atomic mass is 79.9. The molecule has 1 aromatic rings. The molecular formula is C14H22BrN3O. The molecule has 4 nitrogen and oxygen atoms in total. The first kappa shape index (κ1) is 14.7. The third-order valence-corrected chi connectivity index (χ3v) is 4.87. The fourth-order valence-corrected chi connectivity index (χ4v) is 3.30. The monoisotopic (exact) mass is 327 g/mol. The van der Waals surface area contributed by atoms with Gasteiger partial charge < -0.3 is 0 Å². The van der Waals surface area contributed by atoms with E-state index in [4.69, 9.17) is 0 Å². The molecule has 0 bridgehead atoms. The van der Waals surface area contributed by atoms with Crippen LogP contribution in [0.3, 0.4) is 0 Å². The van der Waals surface area contributed by atoms with E-state index in [0.29, 0.717) is 12.2 Å². The highest BCUT2D eigenvalue weighted by molar-refractivity contribution is 9.10. The van der Waals surface area contributed by atoms with Crippen molar-refractivity contribution < 1.29 is 4.79 Å². The van der Waals surface area contributed by atoms with Crippen molar-refractivity contribution in [2.45, 2.75) is 52.1 Å². The van der Waals surface area contributed by atoms with Gasteiger partial charge in [0.2, 0.25) is 5.78 Å². The largest absolute Gasteiger partial charge is 0.291 e. The number of carbonyl (C=O) groups excluding carboxylic acids is 1. The number of nitrogens with zero attached hydrogens (tertiary/aromatic N) is 3. The van der Waals surface area contributed by atoms with Crippen LogP contribution in [0, 0.1) is 0 Å². The van der Waals surface area contributed by atoms with Gasteiger partial charge >= 0.3 is 0 Å². The Balaban J connectivity index is 2.37. The van der Waals surface area contributed by atoms with E-state index < -0.39 is 5.54 Å². The van der Waals surface area contributed by atoms with E-state index in [-0.39, 0.29) is 5.78 Å². The van der Waals surface area contributed by atoms with Crippen LogP contribution in [-0.4, -0.2) is 39.1 Å². The first-order valence-corrected chi connectivity index (χ1v) is 7.85. The van der Waals surface area contributed by atoms with Gasteiger partial charge in [-0.05, 0) is 62.1 Å². The Kier molecular flexibility index (Phi) is 4.46. The summed E-state index contributed by atoms with van der Waals surface area (Å²) in [6.45, 7) is 8.93. The van der Waals surface area contributed by atoms with Gasteiger partial charge in [-0.15, -0.1) is 0 Å². The quantitative estimate of drug-likeness (QED) is 0.780. The SMILES string of the molecule is CCn1ncc(Br)c1C(=O)C(C)(CC)N1CCCC1. The van der Waals surface area contributed by atoms with E-state index in [1.165, 1.54) is 12.8 Å². The molecule has 0 amide bonds. The van der Waals surface area contributed by atoms with Crippen LogP contribution >= 0.6 is 15.9 Å². The molecule has 19 heavy (non-hydrogen) atoms. The zero-order chi connectivity index (χ0) is 14.0. The number of aryl methyl sites for hydroxylation is 1. The number of rotatable bonds is 5. The molecule has 1 aromatic heterocycles. The topological polar surface area (TPSA) is 38.1 Å². The third kappa shape index (κ3) is 2.50. The third-order valence-electron chi connectivity index (χ3n) is 4.29. The number of likely N-dealkylation sites (tertiary alicyclic amines) is 1. The summed E-state index contributed by atoms with van der Waals surface area (Å²) >= 11 is 3.47. The molecule has 2 rings (SSSR count). The van der Waals surface area contributed by atoms with Gasteiger partial charge in [0.15, 0.2) is 0 Å². The average molecular weight is 328 g/mol. The lowest BCUT2D eigenvalue weighted by Crippen LogP contribution is -2.51. The fourth-order valence-electron chi connectivity index (χ4n) is 2.82. The van der Waals surface area contributed by atoms with E-state index in [1.54, 1.807) is 10.9 Å². The molecule has 0 N–H and O–H groups in total. The maximum absolute atomic E-state index is 13.0. The summed E-state index contributed by atoms with van der Waals surface area (Å²) in [7, 11) is 0. The van der Waals surface area contributed by atoms with Crippen molar-refractivity contribution >= 4 is 21.7 Å². The summed E-state index contributed by atoms with van der Waals surface area (Å²) < 4.78 is 2.59. The minimum absolute atomic E-state index is 0.183. The Bertz CT molecular complexity index is 465. The summed E-state index contributed by atoms with van der Waals surface area (Å²) in [6, 6.07) is 0. The lowest BCUT2D eigenvalue weighted by molar-refractivity contribution is 0.0635. The number of aromatic nitrogens is 2. The Hall–Kier alpha value is -0.680. The molecule has 1 saturated heterocycles. The van der Waals surface area contributed by atoms with Crippen molar-refractivity contribution in [2.75, 3.05) is 13.1 Å². The van der Waals surface area contributed by atoms with Crippen LogP contribution < -0.4 is 0 Å². The number of carbonyl (C=O) groups is 1. The van der Waals surface area contributed by atoms with Gasteiger partial charge in [-0.1, -0.05) is 6.92 Å². The van der Waals surface area contributed by atoms with E-state index in [0.717, 1.165) is 24.0 Å². The lowest BCUT2D eigenvalue weighted by Gasteiger charge is -2.36. The molecule has 1 atom stereocenters. The van der Waals surface area contributed by atoms with Crippen LogP contribution in [0.2, 0.25) is 0 Å². The number of Topliss-reactive ketones (excluding diaryl/α,β-unsaturated/α-hetero) is 1. The zero-order valence-electron chi connectivity index (χ0n) is 11.9. The summed E-state index contributed by atoms with van der Waals surface area (Å²) in [5.74, 6) is 0.183. The van der Waals surface area contributed by atoms with Gasteiger partial charge in [-0.25, -0.2) is 0 Å². The molecule has 2 heterocycles. The molecule has 106 valence electrons. The molecule has 5 heteroatoms. The molecule has 0 aromatic carbocycles. The van der Waals surface area contributed by atoms with Crippen molar-refractivity contribution in [3.8, 4) is 0 Å². The summed E-state index contributed by atoms with van der Waals surface area (Å²) in [5.41, 5.74) is 0.296. The molecule has 0 aliphatic carbocycles. The van der Waals surface area contributed by atoms with Crippen molar-refractivity contribution in [1.82, 2.24) is 14.7 Å². The Morgan fingerprint density at radius 2 is 2.05 bits per heavy atom. The van der Waals surface area contributed by atoms with Crippen LogP contribution in [0.5, 0.6) is 0 Å². The van der Waals surface area contributed by atoms with Crippen LogP contribution in [0.1, 0.15) is 50.5 Å². The lowest BCUT2D eigenvalue weighted by atomic mass is 9.89. The smallest absolute Gasteiger partial charge is 0.201 e. The first-order chi connectivity index (χ1) is 9.04. The minimum atomic E-state index is -0.411. The van der Waals surface area contributed by atoms with Crippen LogP contribution in [-0.2, 0) is 6.54 Å². The molecule has 1 unspecified atom stereocenters. The molecule has 1 aliphatic rings. The standard InChI is InChI=1S/C14H22BrN3O/c1-4-14(3,17-8-6-7-9-17)13(19)12-11(15)10-16-18(12)5-2/h10H,4-9H2,1-3H3. The normalized spacial score (nSPS) is 19.6. The maximum atomic E-state index is 13.0. The van der Waals surface area contributed by atoms with Crippen LogP contribution in [0.4, 0.5) is 0 Å². The number of halogens is 1. The van der Waals surface area contributed by atoms with Gasteiger partial charge in [0, 0.05) is 6.54 Å². The van der Waals surface area contributed by atoms with Crippen molar-refractivity contribution in [3.05, 3.63) is 16.4 Å². The molecule has 0 saturated carbocycles. The highest BCUT2D eigenvalue weighted by Crippen LogP contribution is 2.30. The van der Waals surface area contributed by atoms with E-state index in [2.05, 4.69) is 39.8 Å². The second kappa shape index (κ2) is 5.75. The number of ketones is 1. The Labute approximate surface area is 123 Å². The summed E-state index contributed by atoms with van der Waals surface area (Å²) in [6.07, 6.45) is 4.93. The zero-order valence-corrected chi connectivity index (χ0v) is 13.5. The predicted octanol–water partition coefficient (Wildman–Crippen LogP) is 3.11. The van der Waals surface area contributed by atoms with Crippen molar-refractivity contribution in [3.63, 3.8) is 0 Å². The molecule has 0 radical (unpaired) electrons. The van der Waals surface area contributed by atoms with E-state index in [9.17, 15) is 4.79 Å². The van der Waals surface area contributed by atoms with E-state index >= 15 is 0 Å². The average Bonchev–Trinajstić information content (AvgIpc) is 3.06.